The highest BCUT2D eigenvalue weighted by Crippen LogP contribution is 2.31. The zero-order chi connectivity index (χ0) is 16.7. The molecule has 1 aromatic carbocycles. The first kappa shape index (κ1) is 18.5. The molecule has 0 atom stereocenters. The average Bonchev–Trinajstić information content (AvgIpc) is 2.46. The van der Waals surface area contributed by atoms with Crippen LogP contribution >= 0.6 is 0 Å². The second kappa shape index (κ2) is 8.80. The minimum Gasteiger partial charge on any atom is -0.494 e. The fraction of sp³-hybridized carbons (Fsp3) is 0.600. The number of hydrogen-bond donors (Lipinski definition) is 0. The van der Waals surface area contributed by atoms with Crippen molar-refractivity contribution in [3.05, 3.63) is 23.8 Å². The zero-order valence-corrected chi connectivity index (χ0v) is 12.4. The zero-order valence-electron chi connectivity index (χ0n) is 12.4. The number of alkyl halides is 3. The Morgan fingerprint density at radius 2 is 1.45 bits per heavy atom. The summed E-state index contributed by atoms with van der Waals surface area (Å²) in [6.07, 6.45) is 3.93. The summed E-state index contributed by atoms with van der Waals surface area (Å²) in [7, 11) is 1.31. The van der Waals surface area contributed by atoms with Gasteiger partial charge in [0.05, 0.1) is 13.2 Å². The summed E-state index contributed by atoms with van der Waals surface area (Å²) in [6, 6.07) is 2.81. The lowest BCUT2D eigenvalue weighted by molar-refractivity contribution is 0.00819. The molecule has 0 spiro atoms. The second-order valence-electron chi connectivity index (χ2n) is 5.14. The average molecular weight is 328 g/mol. The van der Waals surface area contributed by atoms with Crippen LogP contribution < -0.4 is 9.47 Å². The van der Waals surface area contributed by atoms with Gasteiger partial charge in [0, 0.05) is 1.43 Å². The maximum Gasteiger partial charge on any atom is 0.379 e. The highest BCUT2D eigenvalue weighted by Gasteiger charge is 2.22. The van der Waals surface area contributed by atoms with Gasteiger partial charge in [-0.15, -0.1) is 0 Å². The fourth-order valence-corrected chi connectivity index (χ4v) is 2.29. The van der Waals surface area contributed by atoms with Gasteiger partial charge in [-0.2, -0.15) is 22.0 Å². The number of rotatable bonds is 3. The van der Waals surface area contributed by atoms with Crippen molar-refractivity contribution in [3.8, 4) is 11.5 Å². The van der Waals surface area contributed by atoms with E-state index >= 15 is 0 Å². The number of halogens is 5. The molecule has 22 heavy (non-hydrogen) atoms. The summed E-state index contributed by atoms with van der Waals surface area (Å²) >= 11 is 0. The first-order valence-electron chi connectivity index (χ1n) is 6.96. The molecule has 0 amide bonds. The van der Waals surface area contributed by atoms with Crippen LogP contribution in [0.15, 0.2) is 12.1 Å². The fourth-order valence-electron chi connectivity index (χ4n) is 2.29. The molecule has 0 unspecified atom stereocenters. The summed E-state index contributed by atoms with van der Waals surface area (Å²) in [5.74, 6) is -1.38. The van der Waals surface area contributed by atoms with E-state index in [2.05, 4.69) is 6.92 Å². The van der Waals surface area contributed by atoms with E-state index in [1.165, 1.54) is 19.2 Å². The predicted molar refractivity (Wildman–Crippen MR) is 74.2 cm³/mol. The lowest BCUT2D eigenvalue weighted by Crippen LogP contribution is -2.23. The maximum absolute atomic E-state index is 13.7. The van der Waals surface area contributed by atoms with Crippen molar-refractivity contribution in [2.45, 2.75) is 45.4 Å². The van der Waals surface area contributed by atoms with Gasteiger partial charge < -0.3 is 9.47 Å². The van der Waals surface area contributed by atoms with Gasteiger partial charge in [-0.1, -0.05) is 6.92 Å². The Kier molecular flexibility index (Phi) is 7.41. The molecule has 0 aliphatic heterocycles. The van der Waals surface area contributed by atoms with Gasteiger partial charge >= 0.3 is 6.68 Å². The minimum absolute atomic E-state index is 0. The number of methoxy groups -OCH3 is 1. The van der Waals surface area contributed by atoms with Crippen LogP contribution in [0.5, 0.6) is 11.5 Å². The standard InChI is InChI=1S/C14H18F2O2.CHF3.H2/c1-9-3-5-10(6-4-9)18-12-8-7-11(17-2)13(15)14(12)16;2-1(3)4;/h7-10H,3-6H2,1-2H3;1H;1H. The van der Waals surface area contributed by atoms with Crippen LogP contribution in [0.1, 0.15) is 34.0 Å². The summed E-state index contributed by atoms with van der Waals surface area (Å²) in [6.45, 7) is -1.47. The molecule has 1 aliphatic rings. The first-order chi connectivity index (χ1) is 10.3. The van der Waals surface area contributed by atoms with Crippen LogP contribution in [-0.2, 0) is 0 Å². The van der Waals surface area contributed by atoms with E-state index in [4.69, 9.17) is 9.47 Å². The molecule has 7 heteroatoms. The van der Waals surface area contributed by atoms with Crippen molar-refractivity contribution in [2.24, 2.45) is 5.92 Å². The summed E-state index contributed by atoms with van der Waals surface area (Å²) in [5, 5.41) is 0. The number of benzene rings is 1. The van der Waals surface area contributed by atoms with Gasteiger partial charge in [0.15, 0.2) is 11.5 Å². The summed E-state index contributed by atoms with van der Waals surface area (Å²) < 4.78 is 66.5. The Bertz CT molecular complexity index is 463. The van der Waals surface area contributed by atoms with Gasteiger partial charge in [-0.05, 0) is 43.7 Å². The summed E-state index contributed by atoms with van der Waals surface area (Å²) in [5.41, 5.74) is 0. The van der Waals surface area contributed by atoms with Crippen LogP contribution in [0.25, 0.3) is 0 Å². The Hall–Kier alpha value is -1.53. The minimum atomic E-state index is -3.67. The lowest BCUT2D eigenvalue weighted by Gasteiger charge is -2.27. The molecular weight excluding hydrogens is 307 g/mol. The van der Waals surface area contributed by atoms with Crippen LogP contribution in [0.2, 0.25) is 0 Å². The van der Waals surface area contributed by atoms with Crippen molar-refractivity contribution in [3.63, 3.8) is 0 Å². The molecule has 128 valence electrons. The largest absolute Gasteiger partial charge is 0.494 e. The van der Waals surface area contributed by atoms with Gasteiger partial charge in [-0.25, -0.2) is 0 Å². The van der Waals surface area contributed by atoms with E-state index in [1.807, 2.05) is 0 Å². The predicted octanol–water partition coefficient (Wildman–Crippen LogP) is 5.36. The molecule has 0 aromatic heterocycles. The van der Waals surface area contributed by atoms with Crippen molar-refractivity contribution < 1.29 is 32.9 Å². The van der Waals surface area contributed by atoms with Gasteiger partial charge in [0.2, 0.25) is 11.6 Å². The molecule has 0 radical (unpaired) electrons. The van der Waals surface area contributed by atoms with Gasteiger partial charge in [0.1, 0.15) is 0 Å². The molecular formula is C15H21F5O2. The molecule has 1 saturated carbocycles. The van der Waals surface area contributed by atoms with Crippen molar-refractivity contribution >= 4 is 0 Å². The van der Waals surface area contributed by atoms with E-state index in [-0.39, 0.29) is 19.0 Å². The highest BCUT2D eigenvalue weighted by molar-refractivity contribution is 5.35. The van der Waals surface area contributed by atoms with Crippen molar-refractivity contribution in [1.29, 1.82) is 0 Å². The topological polar surface area (TPSA) is 18.5 Å². The lowest BCUT2D eigenvalue weighted by atomic mass is 9.89. The van der Waals surface area contributed by atoms with Crippen molar-refractivity contribution in [1.82, 2.24) is 0 Å². The number of hydrogen-bond acceptors (Lipinski definition) is 2. The van der Waals surface area contributed by atoms with Crippen LogP contribution in [-0.4, -0.2) is 19.9 Å². The molecule has 0 N–H and O–H groups in total. The van der Waals surface area contributed by atoms with E-state index in [1.54, 1.807) is 0 Å². The van der Waals surface area contributed by atoms with Gasteiger partial charge in [-0.3, -0.25) is 0 Å². The molecule has 1 aromatic rings. The van der Waals surface area contributed by atoms with E-state index in [0.29, 0.717) is 5.92 Å². The smallest absolute Gasteiger partial charge is 0.379 e. The molecule has 2 rings (SSSR count). The monoisotopic (exact) mass is 328 g/mol. The van der Waals surface area contributed by atoms with E-state index in [0.717, 1.165) is 25.7 Å². The SMILES string of the molecule is COc1ccc(OC2CCC(C)CC2)c(F)c1F.FC(F)F.[HH]. The molecule has 0 saturated heterocycles. The normalized spacial score (nSPS) is 21.1. The van der Waals surface area contributed by atoms with Gasteiger partial charge in [0.25, 0.3) is 0 Å². The molecule has 1 fully saturated rings. The number of ether oxygens (including phenoxy) is 2. The van der Waals surface area contributed by atoms with Crippen LogP contribution in [0, 0.1) is 17.6 Å². The highest BCUT2D eigenvalue weighted by atomic mass is 19.4. The Morgan fingerprint density at radius 1 is 1.00 bits per heavy atom. The second-order valence-corrected chi connectivity index (χ2v) is 5.14. The van der Waals surface area contributed by atoms with Crippen molar-refractivity contribution in [2.75, 3.05) is 7.11 Å². The molecule has 0 bridgehead atoms. The Morgan fingerprint density at radius 3 is 1.95 bits per heavy atom. The Balaban J connectivity index is 0.000000871. The van der Waals surface area contributed by atoms with E-state index < -0.39 is 18.3 Å². The molecule has 2 nitrogen and oxygen atoms in total. The van der Waals surface area contributed by atoms with Crippen LogP contribution in [0.4, 0.5) is 22.0 Å². The first-order valence-corrected chi connectivity index (χ1v) is 6.96. The van der Waals surface area contributed by atoms with E-state index in [9.17, 15) is 22.0 Å². The summed E-state index contributed by atoms with van der Waals surface area (Å²) in [4.78, 5) is 0. The third-order valence-electron chi connectivity index (χ3n) is 3.49. The Labute approximate surface area is 127 Å². The third-order valence-corrected chi connectivity index (χ3v) is 3.49. The van der Waals surface area contributed by atoms with Crippen LogP contribution in [0.3, 0.4) is 0 Å². The quantitative estimate of drug-likeness (QED) is 0.696. The molecule has 0 heterocycles. The molecule has 1 aliphatic carbocycles. The maximum atomic E-state index is 13.7. The third kappa shape index (κ3) is 5.69.